The molecule has 1 saturated heterocycles. The molecule has 8 heteroatoms. The first-order valence-corrected chi connectivity index (χ1v) is 9.98. The summed E-state index contributed by atoms with van der Waals surface area (Å²) in [5, 5.41) is 0. The Morgan fingerprint density at radius 1 is 1.15 bits per heavy atom. The number of carbonyl (C=O) groups is 1. The molecule has 7 nitrogen and oxygen atoms in total. The molecule has 140 valence electrons. The molecule has 3 rings (SSSR count). The van der Waals surface area contributed by atoms with Crippen LogP contribution in [0.2, 0.25) is 0 Å². The summed E-state index contributed by atoms with van der Waals surface area (Å²) in [7, 11) is -0.123. The molecule has 0 atom stereocenters. The maximum absolute atomic E-state index is 12.9. The van der Waals surface area contributed by atoms with Gasteiger partial charge in [0.05, 0.1) is 11.2 Å². The highest BCUT2D eigenvalue weighted by Crippen LogP contribution is 2.34. The van der Waals surface area contributed by atoms with Crippen LogP contribution in [-0.4, -0.2) is 60.3 Å². The van der Waals surface area contributed by atoms with Crippen LogP contribution in [0.5, 0.6) is 0 Å². The molecule has 0 N–H and O–H groups in total. The van der Waals surface area contributed by atoms with Crippen molar-refractivity contribution < 1.29 is 13.2 Å². The summed E-state index contributed by atoms with van der Waals surface area (Å²) < 4.78 is 29.1. The molecule has 0 bridgehead atoms. The van der Waals surface area contributed by atoms with Crippen LogP contribution in [-0.2, 0) is 20.4 Å². The standard InChI is InChI=1S/C18H24N4O3S/c1-15-4-6-16(7-5-15)26(24,25)22-11-8-18(9-12-22,17(23)20(2)3)21-13-10-19-14-21/h4-7,10,13-14H,8-9,11-12H2,1-3H3. The van der Waals surface area contributed by atoms with Gasteiger partial charge in [0.2, 0.25) is 15.9 Å². The lowest BCUT2D eigenvalue weighted by Gasteiger charge is -2.42. The van der Waals surface area contributed by atoms with Gasteiger partial charge in [-0.15, -0.1) is 0 Å². The van der Waals surface area contributed by atoms with Gasteiger partial charge in [0.25, 0.3) is 0 Å². The zero-order valence-electron chi connectivity index (χ0n) is 15.3. The van der Waals surface area contributed by atoms with Gasteiger partial charge in [-0.25, -0.2) is 13.4 Å². The summed E-state index contributed by atoms with van der Waals surface area (Å²) in [6.45, 7) is 2.49. The van der Waals surface area contributed by atoms with Crippen LogP contribution >= 0.6 is 0 Å². The number of likely N-dealkylation sites (N-methyl/N-ethyl adjacent to an activating group) is 1. The molecule has 0 saturated carbocycles. The van der Waals surface area contributed by atoms with E-state index in [4.69, 9.17) is 0 Å². The summed E-state index contributed by atoms with van der Waals surface area (Å²) in [4.78, 5) is 18.8. The minimum atomic E-state index is -3.56. The number of carbonyl (C=O) groups excluding carboxylic acids is 1. The molecule has 1 aliphatic rings. The molecule has 1 aliphatic heterocycles. The fraction of sp³-hybridized carbons (Fsp3) is 0.444. The number of piperidine rings is 1. The third-order valence-corrected chi connectivity index (χ3v) is 6.92. The molecule has 0 unspecified atom stereocenters. The molecule has 2 aromatic rings. The van der Waals surface area contributed by atoms with E-state index in [0.29, 0.717) is 12.8 Å². The molecule has 1 amide bonds. The summed E-state index contributed by atoms with van der Waals surface area (Å²) in [6.07, 6.45) is 5.86. The number of aromatic nitrogens is 2. The molecule has 26 heavy (non-hydrogen) atoms. The number of aryl methyl sites for hydroxylation is 1. The van der Waals surface area contributed by atoms with Crippen molar-refractivity contribution in [1.82, 2.24) is 18.8 Å². The van der Waals surface area contributed by atoms with Gasteiger partial charge in [0.15, 0.2) is 0 Å². The molecular weight excluding hydrogens is 352 g/mol. The van der Waals surface area contributed by atoms with E-state index in [1.54, 1.807) is 62.0 Å². The second-order valence-corrected chi connectivity index (χ2v) is 8.86. The van der Waals surface area contributed by atoms with Gasteiger partial charge in [-0.05, 0) is 31.9 Å². The zero-order chi connectivity index (χ0) is 18.9. The first-order chi connectivity index (χ1) is 12.3. The zero-order valence-corrected chi connectivity index (χ0v) is 16.1. The monoisotopic (exact) mass is 376 g/mol. The molecule has 1 aromatic carbocycles. The van der Waals surface area contributed by atoms with Crippen LogP contribution in [0.3, 0.4) is 0 Å². The van der Waals surface area contributed by atoms with Gasteiger partial charge in [-0.3, -0.25) is 4.79 Å². The van der Waals surface area contributed by atoms with Crippen molar-refractivity contribution in [3.63, 3.8) is 0 Å². The summed E-state index contributed by atoms with van der Waals surface area (Å²) in [6, 6.07) is 6.85. The van der Waals surface area contributed by atoms with E-state index >= 15 is 0 Å². The Morgan fingerprint density at radius 2 is 1.77 bits per heavy atom. The molecular formula is C18H24N4O3S. The molecule has 0 aliphatic carbocycles. The van der Waals surface area contributed by atoms with Gasteiger partial charge in [-0.1, -0.05) is 17.7 Å². The molecule has 1 aromatic heterocycles. The minimum absolute atomic E-state index is 0.0390. The number of sulfonamides is 1. The fourth-order valence-electron chi connectivity index (χ4n) is 3.47. The Kier molecular flexibility index (Phi) is 4.90. The summed E-state index contributed by atoms with van der Waals surface area (Å²) in [5.41, 5.74) is 0.220. The first-order valence-electron chi connectivity index (χ1n) is 8.54. The van der Waals surface area contributed by atoms with Crippen molar-refractivity contribution in [3.05, 3.63) is 48.5 Å². The van der Waals surface area contributed by atoms with Crippen molar-refractivity contribution in [3.8, 4) is 0 Å². The predicted octanol–water partition coefficient (Wildman–Crippen LogP) is 1.46. The third kappa shape index (κ3) is 3.14. The van der Waals surface area contributed by atoms with E-state index in [1.807, 2.05) is 11.5 Å². The predicted molar refractivity (Wildman–Crippen MR) is 98.1 cm³/mol. The van der Waals surface area contributed by atoms with Gasteiger partial charge in [-0.2, -0.15) is 4.31 Å². The van der Waals surface area contributed by atoms with Gasteiger partial charge < -0.3 is 9.47 Å². The Hall–Kier alpha value is -2.19. The Labute approximate surface area is 154 Å². The Bertz CT molecular complexity index is 866. The normalized spacial score (nSPS) is 17.8. The molecule has 1 fully saturated rings. The van der Waals surface area contributed by atoms with Crippen molar-refractivity contribution in [2.75, 3.05) is 27.2 Å². The number of imidazole rings is 1. The topological polar surface area (TPSA) is 75.5 Å². The maximum atomic E-state index is 12.9. The van der Waals surface area contributed by atoms with E-state index in [2.05, 4.69) is 4.98 Å². The molecule has 0 radical (unpaired) electrons. The fourth-order valence-corrected chi connectivity index (χ4v) is 4.91. The van der Waals surface area contributed by atoms with Crippen LogP contribution in [0.25, 0.3) is 0 Å². The number of hydrogen-bond donors (Lipinski definition) is 0. The Balaban J connectivity index is 1.86. The quantitative estimate of drug-likeness (QED) is 0.810. The van der Waals surface area contributed by atoms with Crippen LogP contribution in [0, 0.1) is 6.92 Å². The van der Waals surface area contributed by atoms with E-state index < -0.39 is 15.6 Å². The first kappa shape index (κ1) is 18.6. The highest BCUT2D eigenvalue weighted by Gasteiger charge is 2.45. The largest absolute Gasteiger partial charge is 0.347 e. The van der Waals surface area contributed by atoms with Gasteiger partial charge in [0, 0.05) is 39.6 Å². The lowest BCUT2D eigenvalue weighted by molar-refractivity contribution is -0.140. The summed E-state index contributed by atoms with van der Waals surface area (Å²) in [5.74, 6) is -0.0390. The number of hydrogen-bond acceptors (Lipinski definition) is 4. The van der Waals surface area contributed by atoms with Crippen LogP contribution in [0.1, 0.15) is 18.4 Å². The van der Waals surface area contributed by atoms with E-state index in [9.17, 15) is 13.2 Å². The highest BCUT2D eigenvalue weighted by atomic mass is 32.2. The second kappa shape index (κ2) is 6.85. The van der Waals surface area contributed by atoms with E-state index in [0.717, 1.165) is 5.56 Å². The summed E-state index contributed by atoms with van der Waals surface area (Å²) >= 11 is 0. The van der Waals surface area contributed by atoms with Crippen LogP contribution in [0.15, 0.2) is 47.9 Å². The van der Waals surface area contributed by atoms with Crippen LogP contribution < -0.4 is 0 Å². The van der Waals surface area contributed by atoms with Crippen molar-refractivity contribution in [2.24, 2.45) is 0 Å². The number of amides is 1. The number of rotatable bonds is 4. The lowest BCUT2D eigenvalue weighted by atomic mass is 9.86. The minimum Gasteiger partial charge on any atom is -0.347 e. The van der Waals surface area contributed by atoms with E-state index in [-0.39, 0.29) is 23.9 Å². The number of nitrogens with zero attached hydrogens (tertiary/aromatic N) is 4. The SMILES string of the molecule is Cc1ccc(S(=O)(=O)N2CCC(C(=O)N(C)C)(n3ccnc3)CC2)cc1. The smallest absolute Gasteiger partial charge is 0.248 e. The van der Waals surface area contributed by atoms with E-state index in [1.165, 1.54) is 4.31 Å². The van der Waals surface area contributed by atoms with Crippen molar-refractivity contribution in [1.29, 1.82) is 0 Å². The van der Waals surface area contributed by atoms with Crippen molar-refractivity contribution >= 4 is 15.9 Å². The number of benzene rings is 1. The molecule has 0 spiro atoms. The molecule has 2 heterocycles. The lowest BCUT2D eigenvalue weighted by Crippen LogP contribution is -2.55. The van der Waals surface area contributed by atoms with Gasteiger partial charge >= 0.3 is 0 Å². The van der Waals surface area contributed by atoms with Gasteiger partial charge in [0.1, 0.15) is 5.54 Å². The highest BCUT2D eigenvalue weighted by molar-refractivity contribution is 7.89. The average molecular weight is 376 g/mol. The third-order valence-electron chi connectivity index (χ3n) is 5.01. The van der Waals surface area contributed by atoms with Crippen molar-refractivity contribution in [2.45, 2.75) is 30.2 Å². The average Bonchev–Trinajstić information content (AvgIpc) is 3.16. The second-order valence-electron chi connectivity index (χ2n) is 6.92. The van der Waals surface area contributed by atoms with Crippen LogP contribution in [0.4, 0.5) is 0 Å². The Morgan fingerprint density at radius 3 is 2.27 bits per heavy atom. The maximum Gasteiger partial charge on any atom is 0.248 e.